The predicted molar refractivity (Wildman–Crippen MR) is 123 cm³/mol. The molecule has 2 heterocycles. The topological polar surface area (TPSA) is 80.0 Å². The third-order valence-electron chi connectivity index (χ3n) is 5.23. The Bertz CT molecular complexity index is 1130. The number of halogens is 1. The summed E-state index contributed by atoms with van der Waals surface area (Å²) in [5, 5.41) is 11.1. The van der Waals surface area contributed by atoms with E-state index in [9.17, 15) is 14.7 Å². The van der Waals surface area contributed by atoms with Crippen LogP contribution in [0.4, 0.5) is 0 Å². The van der Waals surface area contributed by atoms with Crippen molar-refractivity contribution in [2.24, 2.45) is 0 Å². The quantitative estimate of drug-likeness (QED) is 0.267. The maximum Gasteiger partial charge on any atom is 0.296 e. The van der Waals surface area contributed by atoms with Crippen molar-refractivity contribution in [1.82, 2.24) is 4.90 Å². The Labute approximate surface area is 194 Å². The molecule has 1 unspecified atom stereocenters. The highest BCUT2D eigenvalue weighted by Gasteiger charge is 2.46. The molecule has 1 fully saturated rings. The SMILES string of the molecule is CCCOc1ccc(C2/C(=C(/O)c3ccc(Br)cc3)C(=O)C(=O)N2Cc2ccco2)cc1. The first-order chi connectivity index (χ1) is 15.5. The van der Waals surface area contributed by atoms with E-state index in [0.29, 0.717) is 29.2 Å². The Morgan fingerprint density at radius 3 is 2.44 bits per heavy atom. The Morgan fingerprint density at radius 2 is 1.81 bits per heavy atom. The number of likely N-dealkylation sites (tertiary alicyclic amines) is 1. The Hall–Kier alpha value is -3.32. The van der Waals surface area contributed by atoms with Crippen LogP contribution in [-0.2, 0) is 16.1 Å². The molecule has 4 rings (SSSR count). The van der Waals surface area contributed by atoms with Gasteiger partial charge in [-0.05, 0) is 48.4 Å². The maximum atomic E-state index is 13.0. The van der Waals surface area contributed by atoms with Gasteiger partial charge in [0.1, 0.15) is 17.3 Å². The minimum Gasteiger partial charge on any atom is -0.507 e. The summed E-state index contributed by atoms with van der Waals surface area (Å²) < 4.78 is 11.9. The average molecular weight is 496 g/mol. The van der Waals surface area contributed by atoms with Crippen LogP contribution in [0.1, 0.15) is 36.3 Å². The number of hydrogen-bond acceptors (Lipinski definition) is 5. The van der Waals surface area contributed by atoms with Gasteiger partial charge in [0, 0.05) is 10.0 Å². The minimum absolute atomic E-state index is 0.0473. The highest BCUT2D eigenvalue weighted by Crippen LogP contribution is 2.40. The standard InChI is InChI=1S/C25H22BrNO5/c1-2-13-31-19-11-7-16(8-12-19)22-21(23(28)17-5-9-18(26)10-6-17)24(29)25(30)27(22)15-20-4-3-14-32-20/h3-12,14,22,28H,2,13,15H2,1H3/b23-21-. The number of rotatable bonds is 7. The van der Waals surface area contributed by atoms with Gasteiger partial charge in [0.15, 0.2) is 0 Å². The normalized spacial score (nSPS) is 17.7. The van der Waals surface area contributed by atoms with Crippen molar-refractivity contribution in [2.45, 2.75) is 25.9 Å². The third-order valence-corrected chi connectivity index (χ3v) is 5.76. The first-order valence-electron chi connectivity index (χ1n) is 10.3. The summed E-state index contributed by atoms with van der Waals surface area (Å²) in [6.45, 7) is 2.73. The fraction of sp³-hybridized carbons (Fsp3) is 0.200. The van der Waals surface area contributed by atoms with Gasteiger partial charge in [0.05, 0.1) is 31.0 Å². The monoisotopic (exact) mass is 495 g/mol. The lowest BCUT2D eigenvalue weighted by Crippen LogP contribution is -2.29. The number of aliphatic hydroxyl groups excluding tert-OH is 1. The van der Waals surface area contributed by atoms with Crippen LogP contribution in [0.15, 0.2) is 81.4 Å². The first kappa shape index (κ1) is 21.9. The van der Waals surface area contributed by atoms with E-state index in [0.717, 1.165) is 10.9 Å². The van der Waals surface area contributed by atoms with Gasteiger partial charge in [-0.3, -0.25) is 9.59 Å². The molecule has 1 aromatic heterocycles. The van der Waals surface area contributed by atoms with Crippen molar-refractivity contribution < 1.29 is 23.8 Å². The average Bonchev–Trinajstić information content (AvgIpc) is 3.40. The molecule has 7 heteroatoms. The van der Waals surface area contributed by atoms with Gasteiger partial charge in [-0.25, -0.2) is 0 Å². The molecular weight excluding hydrogens is 474 g/mol. The summed E-state index contributed by atoms with van der Waals surface area (Å²) in [5.74, 6) is -0.381. The number of aliphatic hydroxyl groups is 1. The highest BCUT2D eigenvalue weighted by molar-refractivity contribution is 9.10. The molecule has 2 aromatic carbocycles. The number of furan rings is 1. The molecule has 3 aromatic rings. The van der Waals surface area contributed by atoms with Crippen molar-refractivity contribution in [3.63, 3.8) is 0 Å². The summed E-state index contributed by atoms with van der Waals surface area (Å²) in [7, 11) is 0. The lowest BCUT2D eigenvalue weighted by molar-refractivity contribution is -0.140. The number of nitrogens with zero attached hydrogens (tertiary/aromatic N) is 1. The summed E-state index contributed by atoms with van der Waals surface area (Å²) in [5.41, 5.74) is 1.20. The highest BCUT2D eigenvalue weighted by atomic mass is 79.9. The van der Waals surface area contributed by atoms with Crippen molar-refractivity contribution in [3.8, 4) is 5.75 Å². The first-order valence-corrected chi connectivity index (χ1v) is 11.1. The van der Waals surface area contributed by atoms with E-state index in [1.807, 2.05) is 19.1 Å². The second-order valence-corrected chi connectivity index (χ2v) is 8.35. The zero-order chi connectivity index (χ0) is 22.7. The van der Waals surface area contributed by atoms with Crippen LogP contribution in [0.3, 0.4) is 0 Å². The smallest absolute Gasteiger partial charge is 0.296 e. The molecule has 0 bridgehead atoms. The van der Waals surface area contributed by atoms with E-state index >= 15 is 0 Å². The number of benzene rings is 2. The lowest BCUT2D eigenvalue weighted by Gasteiger charge is -2.24. The molecule has 1 aliphatic rings. The van der Waals surface area contributed by atoms with E-state index < -0.39 is 17.7 Å². The summed E-state index contributed by atoms with van der Waals surface area (Å²) in [6, 6.07) is 16.9. The van der Waals surface area contributed by atoms with Gasteiger partial charge >= 0.3 is 0 Å². The van der Waals surface area contributed by atoms with E-state index in [2.05, 4.69) is 15.9 Å². The summed E-state index contributed by atoms with van der Waals surface area (Å²) in [4.78, 5) is 27.4. The number of amides is 1. The Balaban J connectivity index is 1.79. The molecule has 32 heavy (non-hydrogen) atoms. The van der Waals surface area contributed by atoms with E-state index in [-0.39, 0.29) is 17.9 Å². The molecule has 0 spiro atoms. The van der Waals surface area contributed by atoms with Gasteiger partial charge in [0.25, 0.3) is 11.7 Å². The molecular formula is C25H22BrNO5. The number of carbonyl (C=O) groups is 2. The molecule has 0 radical (unpaired) electrons. The van der Waals surface area contributed by atoms with Crippen LogP contribution in [-0.4, -0.2) is 28.3 Å². The predicted octanol–water partition coefficient (Wildman–Crippen LogP) is 5.45. The number of ether oxygens (including phenoxy) is 1. The maximum absolute atomic E-state index is 13.0. The Morgan fingerprint density at radius 1 is 1.09 bits per heavy atom. The molecule has 0 saturated carbocycles. The van der Waals surface area contributed by atoms with E-state index in [4.69, 9.17) is 9.15 Å². The summed E-state index contributed by atoms with van der Waals surface area (Å²) in [6.07, 6.45) is 2.40. The van der Waals surface area contributed by atoms with Gasteiger partial charge in [0.2, 0.25) is 0 Å². The van der Waals surface area contributed by atoms with E-state index in [1.54, 1.807) is 48.5 Å². The zero-order valence-corrected chi connectivity index (χ0v) is 19.0. The van der Waals surface area contributed by atoms with Crippen molar-refractivity contribution in [2.75, 3.05) is 6.61 Å². The molecule has 1 saturated heterocycles. The molecule has 1 aliphatic heterocycles. The number of ketones is 1. The van der Waals surface area contributed by atoms with Crippen LogP contribution >= 0.6 is 15.9 Å². The van der Waals surface area contributed by atoms with Gasteiger partial charge in [-0.2, -0.15) is 0 Å². The molecule has 1 atom stereocenters. The van der Waals surface area contributed by atoms with Gasteiger partial charge < -0.3 is 19.2 Å². The van der Waals surface area contributed by atoms with Crippen LogP contribution in [0.2, 0.25) is 0 Å². The van der Waals surface area contributed by atoms with Crippen LogP contribution in [0.5, 0.6) is 5.75 Å². The van der Waals surface area contributed by atoms with Crippen molar-refractivity contribution in [3.05, 3.63) is 93.9 Å². The summed E-state index contributed by atoms with van der Waals surface area (Å²) >= 11 is 3.37. The van der Waals surface area contributed by atoms with Crippen LogP contribution in [0, 0.1) is 0 Å². The fourth-order valence-electron chi connectivity index (χ4n) is 3.69. The third kappa shape index (κ3) is 4.34. The van der Waals surface area contributed by atoms with Gasteiger partial charge in [-0.1, -0.05) is 47.1 Å². The van der Waals surface area contributed by atoms with Crippen molar-refractivity contribution in [1.29, 1.82) is 0 Å². The van der Waals surface area contributed by atoms with Crippen molar-refractivity contribution >= 4 is 33.4 Å². The fourth-order valence-corrected chi connectivity index (χ4v) is 3.95. The Kier molecular flexibility index (Phi) is 6.46. The zero-order valence-electron chi connectivity index (χ0n) is 17.5. The van der Waals surface area contributed by atoms with Crippen LogP contribution in [0.25, 0.3) is 5.76 Å². The number of carbonyl (C=O) groups excluding carboxylic acids is 2. The molecule has 164 valence electrons. The lowest BCUT2D eigenvalue weighted by atomic mass is 9.95. The van der Waals surface area contributed by atoms with Gasteiger partial charge in [-0.15, -0.1) is 0 Å². The molecule has 0 aliphatic carbocycles. The minimum atomic E-state index is -0.760. The molecule has 1 N–H and O–H groups in total. The number of Topliss-reactive ketones (excluding diaryl/α,β-unsaturated/α-hetero) is 1. The molecule has 6 nitrogen and oxygen atoms in total. The second kappa shape index (κ2) is 9.44. The number of hydrogen-bond donors (Lipinski definition) is 1. The second-order valence-electron chi connectivity index (χ2n) is 7.43. The molecule has 1 amide bonds. The largest absolute Gasteiger partial charge is 0.507 e. The van der Waals surface area contributed by atoms with Crippen LogP contribution < -0.4 is 4.74 Å². The van der Waals surface area contributed by atoms with E-state index in [1.165, 1.54) is 11.2 Å².